The van der Waals surface area contributed by atoms with Gasteiger partial charge in [-0.15, -0.1) is 0 Å². The Balaban J connectivity index is 2.48. The van der Waals surface area contributed by atoms with Crippen LogP contribution in [0.4, 0.5) is 10.5 Å². The van der Waals surface area contributed by atoms with Crippen LogP contribution in [0.2, 0.25) is 0 Å². The summed E-state index contributed by atoms with van der Waals surface area (Å²) < 4.78 is 0. The van der Waals surface area contributed by atoms with Crippen LogP contribution in [-0.2, 0) is 0 Å². The van der Waals surface area contributed by atoms with Crippen molar-refractivity contribution in [2.24, 2.45) is 0 Å². The van der Waals surface area contributed by atoms with E-state index in [-0.39, 0.29) is 11.9 Å². The van der Waals surface area contributed by atoms with E-state index >= 15 is 0 Å². The molecule has 0 saturated carbocycles. The van der Waals surface area contributed by atoms with Gasteiger partial charge in [0.05, 0.1) is 11.3 Å². The summed E-state index contributed by atoms with van der Waals surface area (Å²) in [4.78, 5) is 24.9. The van der Waals surface area contributed by atoms with Crippen LogP contribution in [0.3, 0.4) is 0 Å². The first-order valence-corrected chi connectivity index (χ1v) is 5.21. The summed E-state index contributed by atoms with van der Waals surface area (Å²) in [5.74, 6) is -0.289. The summed E-state index contributed by atoms with van der Waals surface area (Å²) in [5.41, 5.74) is 5.88. The first-order chi connectivity index (χ1) is 7.74. The molecule has 1 heterocycles. The number of hydrogen-bond donors (Lipinski definition) is 2. The van der Waals surface area contributed by atoms with Crippen LogP contribution in [0.25, 0.3) is 0 Å². The second kappa shape index (κ2) is 4.22. The molecule has 0 aliphatic carbocycles. The molecule has 2 rings (SSSR count). The highest BCUT2D eigenvalue weighted by molar-refractivity contribution is 6.07. The number of benzene rings is 1. The van der Waals surface area contributed by atoms with E-state index in [4.69, 9.17) is 0 Å². The first kappa shape index (κ1) is 10.5. The lowest BCUT2D eigenvalue weighted by molar-refractivity contribution is 0.0941. The highest BCUT2D eigenvalue weighted by Gasteiger charge is 2.24. The van der Waals surface area contributed by atoms with E-state index in [0.29, 0.717) is 17.8 Å². The van der Waals surface area contributed by atoms with Crippen LogP contribution < -0.4 is 15.8 Å². The van der Waals surface area contributed by atoms with Crippen molar-refractivity contribution in [3.63, 3.8) is 0 Å². The molecule has 0 bridgehead atoms. The lowest BCUT2D eigenvalue weighted by Gasteiger charge is -2.20. The van der Waals surface area contributed by atoms with Gasteiger partial charge in [0.2, 0.25) is 0 Å². The molecule has 0 radical (unpaired) electrons. The van der Waals surface area contributed by atoms with E-state index in [9.17, 15) is 9.59 Å². The van der Waals surface area contributed by atoms with E-state index in [1.54, 1.807) is 23.1 Å². The average molecular weight is 219 g/mol. The molecule has 1 aliphatic heterocycles. The maximum atomic E-state index is 11.7. The fraction of sp³-hybridized carbons (Fsp3) is 0.273. The van der Waals surface area contributed by atoms with Crippen molar-refractivity contribution in [1.29, 1.82) is 0 Å². The van der Waals surface area contributed by atoms with Crippen LogP contribution in [-0.4, -0.2) is 18.5 Å². The van der Waals surface area contributed by atoms with Crippen molar-refractivity contribution in [1.82, 2.24) is 10.9 Å². The zero-order valence-corrected chi connectivity index (χ0v) is 8.99. The monoisotopic (exact) mass is 219 g/mol. The molecular formula is C11H13N3O2. The van der Waals surface area contributed by atoms with E-state index in [0.717, 1.165) is 6.42 Å². The van der Waals surface area contributed by atoms with Gasteiger partial charge < -0.3 is 0 Å². The van der Waals surface area contributed by atoms with E-state index < -0.39 is 0 Å². The molecule has 5 heteroatoms. The van der Waals surface area contributed by atoms with Crippen molar-refractivity contribution in [2.45, 2.75) is 13.3 Å². The predicted molar refractivity (Wildman–Crippen MR) is 60.1 cm³/mol. The van der Waals surface area contributed by atoms with E-state index in [1.165, 1.54) is 0 Å². The van der Waals surface area contributed by atoms with Gasteiger partial charge in [0, 0.05) is 6.54 Å². The number of rotatable bonds is 2. The number of anilines is 1. The number of carbonyl (C=O) groups is 2. The summed E-state index contributed by atoms with van der Waals surface area (Å²) in [5, 5.41) is 0. The van der Waals surface area contributed by atoms with Gasteiger partial charge in [-0.3, -0.25) is 15.1 Å². The SMILES string of the molecule is CCCN1C(=O)NNC(=O)c2ccccc21. The number of nitrogens with one attached hydrogen (secondary N) is 2. The van der Waals surface area contributed by atoms with Gasteiger partial charge in [0.1, 0.15) is 0 Å². The first-order valence-electron chi connectivity index (χ1n) is 5.21. The average Bonchev–Trinajstić information content (AvgIpc) is 2.42. The third kappa shape index (κ3) is 1.71. The molecule has 1 aromatic rings. The number of amides is 3. The molecular weight excluding hydrogens is 206 g/mol. The summed E-state index contributed by atoms with van der Waals surface area (Å²) in [6, 6.07) is 6.76. The predicted octanol–water partition coefficient (Wildman–Crippen LogP) is 1.27. The van der Waals surface area contributed by atoms with Gasteiger partial charge in [-0.25, -0.2) is 10.2 Å². The van der Waals surface area contributed by atoms with Crippen molar-refractivity contribution < 1.29 is 9.59 Å². The molecule has 84 valence electrons. The second-order valence-electron chi connectivity index (χ2n) is 3.55. The Bertz CT molecular complexity index is 431. The van der Waals surface area contributed by atoms with Crippen LogP contribution in [0.1, 0.15) is 23.7 Å². The minimum absolute atomic E-state index is 0.289. The minimum Gasteiger partial charge on any atom is -0.292 e. The topological polar surface area (TPSA) is 61.4 Å². The zero-order valence-electron chi connectivity index (χ0n) is 8.99. The van der Waals surface area contributed by atoms with E-state index in [1.807, 2.05) is 13.0 Å². The lowest BCUT2D eigenvalue weighted by atomic mass is 10.1. The van der Waals surface area contributed by atoms with Crippen molar-refractivity contribution >= 4 is 17.6 Å². The molecule has 3 amide bonds. The Kier molecular flexibility index (Phi) is 2.76. The molecule has 0 spiro atoms. The largest absolute Gasteiger partial charge is 0.340 e. The molecule has 2 N–H and O–H groups in total. The Morgan fingerprint density at radius 2 is 1.94 bits per heavy atom. The molecule has 1 aliphatic rings. The van der Waals surface area contributed by atoms with Gasteiger partial charge in [-0.2, -0.15) is 0 Å². The fourth-order valence-electron chi connectivity index (χ4n) is 1.70. The molecule has 5 nitrogen and oxygen atoms in total. The van der Waals surface area contributed by atoms with Gasteiger partial charge in [0.15, 0.2) is 0 Å². The van der Waals surface area contributed by atoms with Crippen molar-refractivity contribution in [3.8, 4) is 0 Å². The summed E-state index contributed by atoms with van der Waals surface area (Å²) in [6.45, 7) is 2.56. The number of urea groups is 1. The van der Waals surface area contributed by atoms with Crippen molar-refractivity contribution in [2.75, 3.05) is 11.4 Å². The number of carbonyl (C=O) groups excluding carboxylic acids is 2. The number of fused-ring (bicyclic) bond motifs is 1. The number of hydrogen-bond acceptors (Lipinski definition) is 2. The highest BCUT2D eigenvalue weighted by Crippen LogP contribution is 2.22. The number of hydrazine groups is 1. The molecule has 16 heavy (non-hydrogen) atoms. The smallest absolute Gasteiger partial charge is 0.292 e. The molecule has 0 unspecified atom stereocenters. The van der Waals surface area contributed by atoms with Crippen LogP contribution in [0.5, 0.6) is 0 Å². The minimum atomic E-state index is -0.305. The normalized spacial score (nSPS) is 14.9. The van der Waals surface area contributed by atoms with Crippen molar-refractivity contribution in [3.05, 3.63) is 29.8 Å². The third-order valence-electron chi connectivity index (χ3n) is 2.41. The molecule has 0 saturated heterocycles. The maximum absolute atomic E-state index is 11.7. The van der Waals surface area contributed by atoms with Crippen LogP contribution >= 0.6 is 0 Å². The standard InChI is InChI=1S/C11H13N3O2/c1-2-7-14-9-6-4-3-5-8(9)10(15)12-13-11(14)16/h3-6H,2,7H2,1H3,(H,12,15)(H,13,16). The Hall–Kier alpha value is -2.04. The van der Waals surface area contributed by atoms with Crippen LogP contribution in [0, 0.1) is 0 Å². The zero-order chi connectivity index (χ0) is 11.5. The van der Waals surface area contributed by atoms with Crippen LogP contribution in [0.15, 0.2) is 24.3 Å². The lowest BCUT2D eigenvalue weighted by Crippen LogP contribution is -2.46. The summed E-state index contributed by atoms with van der Waals surface area (Å²) in [6.07, 6.45) is 0.829. The Morgan fingerprint density at radius 3 is 2.69 bits per heavy atom. The Labute approximate surface area is 93.4 Å². The molecule has 1 aromatic carbocycles. The summed E-state index contributed by atoms with van der Waals surface area (Å²) in [7, 11) is 0. The van der Waals surface area contributed by atoms with E-state index in [2.05, 4.69) is 10.9 Å². The maximum Gasteiger partial charge on any atom is 0.340 e. The molecule has 0 aromatic heterocycles. The van der Waals surface area contributed by atoms with Gasteiger partial charge >= 0.3 is 6.03 Å². The molecule has 0 atom stereocenters. The number of nitrogens with zero attached hydrogens (tertiary/aromatic N) is 1. The Morgan fingerprint density at radius 1 is 1.19 bits per heavy atom. The third-order valence-corrected chi connectivity index (χ3v) is 2.41. The quantitative estimate of drug-likeness (QED) is 0.786. The summed E-state index contributed by atoms with van der Waals surface area (Å²) >= 11 is 0. The van der Waals surface area contributed by atoms with Gasteiger partial charge in [0.25, 0.3) is 5.91 Å². The number of para-hydroxylation sites is 1. The fourth-order valence-corrected chi connectivity index (χ4v) is 1.70. The van der Waals surface area contributed by atoms with Gasteiger partial charge in [-0.05, 0) is 18.6 Å². The highest BCUT2D eigenvalue weighted by atomic mass is 16.2. The van der Waals surface area contributed by atoms with Gasteiger partial charge in [-0.1, -0.05) is 19.1 Å². The second-order valence-corrected chi connectivity index (χ2v) is 3.55. The molecule has 0 fully saturated rings.